The molecule has 0 unspecified atom stereocenters. The average Bonchev–Trinajstić information content (AvgIpc) is 2.73. The molecule has 2 aromatic rings. The summed E-state index contributed by atoms with van der Waals surface area (Å²) in [4.78, 5) is 29.7. The van der Waals surface area contributed by atoms with Crippen LogP contribution in [0, 0.1) is 24.6 Å². The monoisotopic (exact) mass is 460 g/mol. The Balaban J connectivity index is 2.22. The van der Waals surface area contributed by atoms with E-state index in [1.54, 1.807) is 26.8 Å². The van der Waals surface area contributed by atoms with Crippen molar-refractivity contribution in [1.82, 2.24) is 10.3 Å². The van der Waals surface area contributed by atoms with E-state index in [0.29, 0.717) is 0 Å². The Labute approximate surface area is 194 Å². The molecular formula is C25H33FN2O5. The van der Waals surface area contributed by atoms with Crippen molar-refractivity contribution in [2.45, 2.75) is 59.6 Å². The third-order valence-electron chi connectivity index (χ3n) is 5.65. The van der Waals surface area contributed by atoms with E-state index < -0.39 is 29.8 Å². The number of nitrogens with zero attached hydrogens (tertiary/aromatic N) is 1. The summed E-state index contributed by atoms with van der Waals surface area (Å²) >= 11 is 0. The van der Waals surface area contributed by atoms with Crippen molar-refractivity contribution >= 4 is 11.9 Å². The first kappa shape index (κ1) is 26.1. The number of nitrogens with one attached hydrogen (secondary N) is 1. The number of carbonyl (C=O) groups is 2. The van der Waals surface area contributed by atoms with Crippen LogP contribution in [0.5, 0.6) is 11.5 Å². The zero-order chi connectivity index (χ0) is 24.9. The molecule has 3 atom stereocenters. The SMILES string of the molecule is COc1ccnc(C(=O)N[C@H](C(=O)O[C@@H](C)[C@H](c2ccc(F)cc2C)C(C)C)C(C)C)c1O. The van der Waals surface area contributed by atoms with Gasteiger partial charge in [-0.05, 0) is 48.9 Å². The fourth-order valence-corrected chi connectivity index (χ4v) is 3.97. The van der Waals surface area contributed by atoms with Crippen molar-refractivity contribution < 1.29 is 28.6 Å². The number of aryl methyl sites for hydroxylation is 1. The number of hydrogen-bond acceptors (Lipinski definition) is 6. The van der Waals surface area contributed by atoms with Crippen LogP contribution >= 0.6 is 0 Å². The number of aromatic hydroxyl groups is 1. The molecule has 0 fully saturated rings. The van der Waals surface area contributed by atoms with E-state index in [2.05, 4.69) is 10.3 Å². The molecule has 0 radical (unpaired) electrons. The molecular weight excluding hydrogens is 427 g/mol. The molecule has 1 amide bonds. The van der Waals surface area contributed by atoms with Gasteiger partial charge in [-0.15, -0.1) is 0 Å². The Morgan fingerprint density at radius 2 is 1.76 bits per heavy atom. The van der Waals surface area contributed by atoms with Crippen LogP contribution in [0.4, 0.5) is 4.39 Å². The Bertz CT molecular complexity index is 993. The third-order valence-corrected chi connectivity index (χ3v) is 5.65. The largest absolute Gasteiger partial charge is 0.503 e. The molecule has 1 aromatic carbocycles. The summed E-state index contributed by atoms with van der Waals surface area (Å²) in [5, 5.41) is 12.8. The van der Waals surface area contributed by atoms with Crippen molar-refractivity contribution in [3.63, 3.8) is 0 Å². The van der Waals surface area contributed by atoms with Crippen LogP contribution in [-0.4, -0.2) is 41.2 Å². The molecule has 0 aliphatic carbocycles. The minimum absolute atomic E-state index is 0.0990. The van der Waals surface area contributed by atoms with Gasteiger partial charge in [0.25, 0.3) is 5.91 Å². The van der Waals surface area contributed by atoms with Gasteiger partial charge >= 0.3 is 5.97 Å². The zero-order valence-electron chi connectivity index (χ0n) is 20.2. The minimum Gasteiger partial charge on any atom is -0.503 e. The maximum absolute atomic E-state index is 13.6. The summed E-state index contributed by atoms with van der Waals surface area (Å²) in [5.41, 5.74) is 1.44. The zero-order valence-corrected chi connectivity index (χ0v) is 20.2. The van der Waals surface area contributed by atoms with E-state index in [1.165, 1.54) is 31.5 Å². The highest BCUT2D eigenvalue weighted by Crippen LogP contribution is 2.33. The average molecular weight is 461 g/mol. The highest BCUT2D eigenvalue weighted by atomic mass is 19.1. The van der Waals surface area contributed by atoms with Gasteiger partial charge in [0.05, 0.1) is 7.11 Å². The Kier molecular flexibility index (Phi) is 8.79. The molecule has 2 N–H and O–H groups in total. The van der Waals surface area contributed by atoms with Crippen molar-refractivity contribution in [1.29, 1.82) is 0 Å². The predicted octanol–water partition coefficient (Wildman–Crippen LogP) is 4.37. The molecule has 7 nitrogen and oxygen atoms in total. The van der Waals surface area contributed by atoms with Gasteiger partial charge in [-0.1, -0.05) is 33.8 Å². The number of methoxy groups -OCH3 is 1. The molecule has 180 valence electrons. The van der Waals surface area contributed by atoms with Gasteiger partial charge < -0.3 is 19.9 Å². The minimum atomic E-state index is -0.963. The van der Waals surface area contributed by atoms with Crippen LogP contribution in [0.25, 0.3) is 0 Å². The number of amides is 1. The summed E-state index contributed by atoms with van der Waals surface area (Å²) in [6.07, 6.45) is 0.805. The van der Waals surface area contributed by atoms with Gasteiger partial charge in [-0.3, -0.25) is 4.79 Å². The van der Waals surface area contributed by atoms with E-state index in [9.17, 15) is 19.1 Å². The summed E-state index contributed by atoms with van der Waals surface area (Å²) in [6.45, 7) is 11.2. The number of pyridine rings is 1. The summed E-state index contributed by atoms with van der Waals surface area (Å²) < 4.78 is 24.4. The third kappa shape index (κ3) is 6.21. The maximum Gasteiger partial charge on any atom is 0.329 e. The van der Waals surface area contributed by atoms with Crippen LogP contribution in [0.3, 0.4) is 0 Å². The Hall–Kier alpha value is -3.16. The molecule has 0 spiro atoms. The Morgan fingerprint density at radius 3 is 2.30 bits per heavy atom. The number of halogens is 1. The van der Waals surface area contributed by atoms with E-state index in [4.69, 9.17) is 9.47 Å². The van der Waals surface area contributed by atoms with Crippen LogP contribution in [0.1, 0.15) is 62.2 Å². The normalized spacial score (nSPS) is 14.0. The highest BCUT2D eigenvalue weighted by Gasteiger charge is 2.33. The van der Waals surface area contributed by atoms with Gasteiger partial charge in [0, 0.05) is 18.2 Å². The van der Waals surface area contributed by atoms with E-state index in [0.717, 1.165) is 11.1 Å². The molecule has 0 saturated carbocycles. The summed E-state index contributed by atoms with van der Waals surface area (Å²) in [6, 6.07) is 5.04. The number of esters is 1. The Morgan fingerprint density at radius 1 is 1.09 bits per heavy atom. The van der Waals surface area contributed by atoms with Crippen LogP contribution in [0.2, 0.25) is 0 Å². The number of rotatable bonds is 9. The second kappa shape index (κ2) is 11.1. The number of benzene rings is 1. The predicted molar refractivity (Wildman–Crippen MR) is 123 cm³/mol. The summed E-state index contributed by atoms with van der Waals surface area (Å²) in [5.74, 6) is -2.28. The fraction of sp³-hybridized carbons (Fsp3) is 0.480. The first-order valence-electron chi connectivity index (χ1n) is 11.0. The van der Waals surface area contributed by atoms with Gasteiger partial charge in [-0.2, -0.15) is 0 Å². The van der Waals surface area contributed by atoms with Crippen molar-refractivity contribution in [2.24, 2.45) is 11.8 Å². The van der Waals surface area contributed by atoms with E-state index >= 15 is 0 Å². The molecule has 0 saturated heterocycles. The van der Waals surface area contributed by atoms with Gasteiger partial charge in [0.2, 0.25) is 0 Å². The van der Waals surface area contributed by atoms with Gasteiger partial charge in [-0.25, -0.2) is 14.2 Å². The van der Waals surface area contributed by atoms with Crippen LogP contribution in [0.15, 0.2) is 30.5 Å². The second-order valence-electron chi connectivity index (χ2n) is 8.82. The number of hydrogen-bond donors (Lipinski definition) is 2. The quantitative estimate of drug-likeness (QED) is 0.540. The van der Waals surface area contributed by atoms with Crippen molar-refractivity contribution in [2.75, 3.05) is 7.11 Å². The standard InChI is InChI=1S/C25H33FN2O5/c1-13(2)20(18-9-8-17(26)12-15(18)5)16(6)33-25(31)21(14(3)4)28-24(30)22-23(29)19(32-7)10-11-27-22/h8-14,16,20-21,29H,1-7H3,(H,28,30)/t16-,20+,21-/m0/s1. The van der Waals surface area contributed by atoms with Crippen LogP contribution < -0.4 is 10.1 Å². The lowest BCUT2D eigenvalue weighted by Gasteiger charge is -2.31. The number of aromatic nitrogens is 1. The molecule has 1 aromatic heterocycles. The fourth-order valence-electron chi connectivity index (χ4n) is 3.97. The number of ether oxygens (including phenoxy) is 2. The molecule has 2 rings (SSSR count). The lowest BCUT2D eigenvalue weighted by molar-refractivity contribution is -0.153. The molecule has 8 heteroatoms. The van der Waals surface area contributed by atoms with E-state index in [-0.39, 0.29) is 35.0 Å². The van der Waals surface area contributed by atoms with Crippen molar-refractivity contribution in [3.05, 3.63) is 53.1 Å². The number of carbonyl (C=O) groups excluding carboxylic acids is 2. The van der Waals surface area contributed by atoms with Gasteiger partial charge in [0.15, 0.2) is 17.2 Å². The second-order valence-corrected chi connectivity index (χ2v) is 8.82. The lowest BCUT2D eigenvalue weighted by atomic mass is 9.82. The maximum atomic E-state index is 13.6. The highest BCUT2D eigenvalue weighted by molar-refractivity contribution is 5.98. The van der Waals surface area contributed by atoms with Gasteiger partial charge in [0.1, 0.15) is 18.0 Å². The topological polar surface area (TPSA) is 97.8 Å². The van der Waals surface area contributed by atoms with E-state index in [1.807, 2.05) is 20.8 Å². The van der Waals surface area contributed by atoms with Crippen LogP contribution in [-0.2, 0) is 9.53 Å². The molecule has 33 heavy (non-hydrogen) atoms. The molecule has 0 aliphatic heterocycles. The molecule has 0 bridgehead atoms. The molecule has 0 aliphatic rings. The first-order valence-corrected chi connectivity index (χ1v) is 11.0. The smallest absolute Gasteiger partial charge is 0.329 e. The molecule has 1 heterocycles. The first-order chi connectivity index (χ1) is 15.5. The lowest BCUT2D eigenvalue weighted by Crippen LogP contribution is -2.47. The summed E-state index contributed by atoms with van der Waals surface area (Å²) in [7, 11) is 1.36. The van der Waals surface area contributed by atoms with Crippen molar-refractivity contribution in [3.8, 4) is 11.5 Å².